The van der Waals surface area contributed by atoms with Gasteiger partial charge in [-0.1, -0.05) is 6.07 Å². The lowest BCUT2D eigenvalue weighted by molar-refractivity contribution is -0.129. The van der Waals surface area contributed by atoms with Gasteiger partial charge in [0.2, 0.25) is 11.8 Å². The fourth-order valence-corrected chi connectivity index (χ4v) is 2.96. The molecule has 1 aliphatic heterocycles. The van der Waals surface area contributed by atoms with Gasteiger partial charge in [-0.05, 0) is 38.1 Å². The number of carbonyl (C=O) groups is 2. The molecule has 1 saturated heterocycles. The van der Waals surface area contributed by atoms with E-state index in [1.807, 2.05) is 32.2 Å². The van der Waals surface area contributed by atoms with E-state index < -0.39 is 0 Å². The number of amides is 2. The van der Waals surface area contributed by atoms with Gasteiger partial charge >= 0.3 is 0 Å². The molecule has 2 amide bonds. The van der Waals surface area contributed by atoms with E-state index in [2.05, 4.69) is 10.6 Å². The first-order valence-electron chi connectivity index (χ1n) is 8.92. The Morgan fingerprint density at radius 3 is 2.69 bits per heavy atom. The predicted molar refractivity (Wildman–Crippen MR) is 99.5 cm³/mol. The number of benzene rings is 1. The van der Waals surface area contributed by atoms with Crippen molar-refractivity contribution in [2.24, 2.45) is 5.92 Å². The highest BCUT2D eigenvalue weighted by Gasteiger charge is 2.33. The molecule has 2 N–H and O–H groups in total. The molecular formula is C19H29N3O4. The number of rotatable bonds is 9. The van der Waals surface area contributed by atoms with Crippen LogP contribution >= 0.6 is 0 Å². The SMILES string of the molecule is CNC(C)CNC(=O)C1CC(=O)N(CCc2ccc(OC)c(OC)c2)C1. The minimum atomic E-state index is -0.267. The quantitative estimate of drug-likeness (QED) is 0.679. The lowest BCUT2D eigenvalue weighted by Crippen LogP contribution is -2.40. The summed E-state index contributed by atoms with van der Waals surface area (Å²) in [6, 6.07) is 5.95. The molecule has 1 heterocycles. The second-order valence-corrected chi connectivity index (χ2v) is 6.62. The number of nitrogens with one attached hydrogen (secondary N) is 2. The summed E-state index contributed by atoms with van der Waals surface area (Å²) in [6.45, 7) is 3.62. The molecule has 7 heteroatoms. The van der Waals surface area contributed by atoms with E-state index in [-0.39, 0.29) is 30.2 Å². The molecule has 1 fully saturated rings. The lowest BCUT2D eigenvalue weighted by atomic mass is 10.1. The maximum atomic E-state index is 12.2. The van der Waals surface area contributed by atoms with Crippen molar-refractivity contribution >= 4 is 11.8 Å². The van der Waals surface area contributed by atoms with Crippen molar-refractivity contribution in [3.05, 3.63) is 23.8 Å². The highest BCUT2D eigenvalue weighted by atomic mass is 16.5. The topological polar surface area (TPSA) is 79.9 Å². The normalized spacial score (nSPS) is 17.9. The zero-order chi connectivity index (χ0) is 19.1. The van der Waals surface area contributed by atoms with Gasteiger partial charge in [-0.2, -0.15) is 0 Å². The summed E-state index contributed by atoms with van der Waals surface area (Å²) in [5.74, 6) is 1.08. The van der Waals surface area contributed by atoms with E-state index in [1.54, 1.807) is 19.1 Å². The largest absolute Gasteiger partial charge is 0.493 e. The third-order valence-corrected chi connectivity index (χ3v) is 4.78. The van der Waals surface area contributed by atoms with Crippen molar-refractivity contribution < 1.29 is 19.1 Å². The molecule has 1 aliphatic rings. The zero-order valence-corrected chi connectivity index (χ0v) is 16.0. The highest BCUT2D eigenvalue weighted by Crippen LogP contribution is 2.28. The van der Waals surface area contributed by atoms with Gasteiger partial charge in [0.25, 0.3) is 0 Å². The Kier molecular flexibility index (Phi) is 7.26. The summed E-state index contributed by atoms with van der Waals surface area (Å²) in [5, 5.41) is 5.98. The number of nitrogens with zero attached hydrogens (tertiary/aromatic N) is 1. The van der Waals surface area contributed by atoms with Crippen LogP contribution in [0.25, 0.3) is 0 Å². The Hall–Kier alpha value is -2.28. The number of hydrogen-bond donors (Lipinski definition) is 2. The molecule has 2 rings (SSSR count). The third kappa shape index (κ3) is 5.11. The molecular weight excluding hydrogens is 334 g/mol. The van der Waals surface area contributed by atoms with Crippen LogP contribution in [0.1, 0.15) is 18.9 Å². The van der Waals surface area contributed by atoms with Crippen molar-refractivity contribution in [3.63, 3.8) is 0 Å². The second-order valence-electron chi connectivity index (χ2n) is 6.62. The Morgan fingerprint density at radius 2 is 2.04 bits per heavy atom. The van der Waals surface area contributed by atoms with E-state index in [4.69, 9.17) is 9.47 Å². The van der Waals surface area contributed by atoms with Crippen molar-refractivity contribution in [2.45, 2.75) is 25.8 Å². The van der Waals surface area contributed by atoms with Crippen molar-refractivity contribution in [2.75, 3.05) is 40.9 Å². The smallest absolute Gasteiger partial charge is 0.225 e. The molecule has 26 heavy (non-hydrogen) atoms. The molecule has 0 spiro atoms. The fraction of sp³-hybridized carbons (Fsp3) is 0.579. The second kappa shape index (κ2) is 9.43. The van der Waals surface area contributed by atoms with E-state index in [1.165, 1.54) is 0 Å². The highest BCUT2D eigenvalue weighted by molar-refractivity contribution is 5.89. The van der Waals surface area contributed by atoms with Crippen LogP contribution in [0.15, 0.2) is 18.2 Å². The Morgan fingerprint density at radius 1 is 1.31 bits per heavy atom. The van der Waals surface area contributed by atoms with Crippen LogP contribution < -0.4 is 20.1 Å². The average molecular weight is 363 g/mol. The van der Waals surface area contributed by atoms with Crippen LogP contribution in [0, 0.1) is 5.92 Å². The van der Waals surface area contributed by atoms with Crippen LogP contribution in [0.2, 0.25) is 0 Å². The molecule has 0 radical (unpaired) electrons. The minimum Gasteiger partial charge on any atom is -0.493 e. The molecule has 1 aromatic rings. The summed E-state index contributed by atoms with van der Waals surface area (Å²) < 4.78 is 10.5. The monoisotopic (exact) mass is 363 g/mol. The average Bonchev–Trinajstić information content (AvgIpc) is 3.04. The molecule has 0 bridgehead atoms. The summed E-state index contributed by atoms with van der Waals surface area (Å²) >= 11 is 0. The van der Waals surface area contributed by atoms with Gasteiger partial charge in [0.1, 0.15) is 0 Å². The number of likely N-dealkylation sites (tertiary alicyclic amines) is 1. The van der Waals surface area contributed by atoms with Crippen LogP contribution in [0.4, 0.5) is 0 Å². The number of ether oxygens (including phenoxy) is 2. The Balaban J connectivity index is 1.87. The Labute approximate surface area is 155 Å². The van der Waals surface area contributed by atoms with Crippen LogP contribution in [0.3, 0.4) is 0 Å². The van der Waals surface area contributed by atoms with Gasteiger partial charge in [0, 0.05) is 32.1 Å². The minimum absolute atomic E-state index is 0.0345. The number of methoxy groups -OCH3 is 2. The van der Waals surface area contributed by atoms with Gasteiger partial charge in [-0.3, -0.25) is 9.59 Å². The molecule has 1 aromatic carbocycles. The fourth-order valence-electron chi connectivity index (χ4n) is 2.96. The molecule has 0 saturated carbocycles. The molecule has 7 nitrogen and oxygen atoms in total. The molecule has 0 aliphatic carbocycles. The lowest BCUT2D eigenvalue weighted by Gasteiger charge is -2.18. The van der Waals surface area contributed by atoms with Gasteiger partial charge in [0.05, 0.1) is 20.1 Å². The van der Waals surface area contributed by atoms with E-state index in [9.17, 15) is 9.59 Å². The zero-order valence-electron chi connectivity index (χ0n) is 16.0. The first-order chi connectivity index (χ1) is 12.5. The van der Waals surface area contributed by atoms with E-state index in [0.29, 0.717) is 37.6 Å². The first-order valence-corrected chi connectivity index (χ1v) is 8.92. The Bertz CT molecular complexity index is 635. The van der Waals surface area contributed by atoms with E-state index >= 15 is 0 Å². The third-order valence-electron chi connectivity index (χ3n) is 4.78. The molecule has 2 unspecified atom stereocenters. The maximum absolute atomic E-state index is 12.2. The van der Waals surface area contributed by atoms with Crippen LogP contribution in [0.5, 0.6) is 11.5 Å². The van der Waals surface area contributed by atoms with Gasteiger partial charge in [0.15, 0.2) is 11.5 Å². The molecule has 0 aromatic heterocycles. The summed E-state index contributed by atoms with van der Waals surface area (Å²) in [5.41, 5.74) is 1.06. The number of carbonyl (C=O) groups excluding carboxylic acids is 2. The number of likely N-dealkylation sites (N-methyl/N-ethyl adjacent to an activating group) is 1. The molecule has 144 valence electrons. The first kappa shape index (κ1) is 20.0. The van der Waals surface area contributed by atoms with E-state index in [0.717, 1.165) is 5.56 Å². The molecule has 2 atom stereocenters. The summed E-state index contributed by atoms with van der Waals surface area (Å²) in [6.07, 6.45) is 0.989. The summed E-state index contributed by atoms with van der Waals surface area (Å²) in [7, 11) is 5.05. The van der Waals surface area contributed by atoms with Gasteiger partial charge < -0.3 is 25.0 Å². The number of hydrogen-bond acceptors (Lipinski definition) is 5. The standard InChI is InChI=1S/C19H29N3O4/c1-13(20-2)11-21-19(24)15-10-18(23)22(12-15)8-7-14-5-6-16(25-3)17(9-14)26-4/h5-6,9,13,15,20H,7-8,10-12H2,1-4H3,(H,21,24). The summed E-state index contributed by atoms with van der Waals surface area (Å²) in [4.78, 5) is 26.2. The van der Waals surface area contributed by atoms with Crippen molar-refractivity contribution in [1.29, 1.82) is 0 Å². The maximum Gasteiger partial charge on any atom is 0.225 e. The van der Waals surface area contributed by atoms with Crippen molar-refractivity contribution in [1.82, 2.24) is 15.5 Å². The van der Waals surface area contributed by atoms with Crippen molar-refractivity contribution in [3.8, 4) is 11.5 Å². The predicted octanol–water partition coefficient (Wildman–Crippen LogP) is 0.819. The van der Waals surface area contributed by atoms with Gasteiger partial charge in [-0.15, -0.1) is 0 Å². The van der Waals surface area contributed by atoms with Crippen LogP contribution in [-0.2, 0) is 16.0 Å². The van der Waals surface area contributed by atoms with Gasteiger partial charge in [-0.25, -0.2) is 0 Å². The van der Waals surface area contributed by atoms with Crippen LogP contribution in [-0.4, -0.2) is 63.7 Å².